The number of nitrogens with zero attached hydrogens (tertiary/aromatic N) is 2. The molecule has 1 aromatic heterocycles. The zero-order chi connectivity index (χ0) is 31.1. The number of benzene rings is 3. The SMILES string of the molecule is NC(=O)C1(C(=O)N(c2ccc(F)cc2)c2ccc(Oc3ccnc4cc(OC5CCOCC5)c5c(c34)OCCO5)c(F)c2)CC1. The summed E-state index contributed by atoms with van der Waals surface area (Å²) >= 11 is 0. The standard InChI is InChI=1S/C33H29F2N3O7/c34-19-1-3-20(4-2-19)38(32(40)33(10-11-33)31(36)39)21-5-6-25(23(35)17-21)45-26-7-12-37-24-18-27(44-22-8-13-41-14-9-22)29-30(28(24)26)43-16-15-42-29/h1-7,12,17-18,22H,8-11,13-16H2,(H2,36,39). The number of primary amides is 1. The second kappa shape index (κ2) is 11.5. The number of hydrogen-bond donors (Lipinski definition) is 1. The molecule has 4 aromatic rings. The summed E-state index contributed by atoms with van der Waals surface area (Å²) in [5, 5.41) is 0.482. The number of amides is 2. The number of rotatable bonds is 8. The molecule has 1 saturated heterocycles. The molecule has 0 bridgehead atoms. The third-order valence-electron chi connectivity index (χ3n) is 8.22. The van der Waals surface area contributed by atoms with Crippen LogP contribution in [0.25, 0.3) is 10.9 Å². The summed E-state index contributed by atoms with van der Waals surface area (Å²) in [6, 6.07) is 12.4. The number of fused-ring (bicyclic) bond motifs is 3. The Morgan fingerprint density at radius 3 is 2.27 bits per heavy atom. The zero-order valence-corrected chi connectivity index (χ0v) is 24.1. The molecule has 0 atom stereocenters. The number of carbonyl (C=O) groups is 2. The van der Waals surface area contributed by atoms with Crippen molar-refractivity contribution in [2.24, 2.45) is 11.1 Å². The highest BCUT2D eigenvalue weighted by Gasteiger charge is 2.57. The van der Waals surface area contributed by atoms with Gasteiger partial charge in [-0.05, 0) is 55.3 Å². The molecule has 2 N–H and O–H groups in total. The summed E-state index contributed by atoms with van der Waals surface area (Å²) in [6.07, 6.45) is 3.52. The Balaban J connectivity index is 1.23. The van der Waals surface area contributed by atoms with Gasteiger partial charge in [0, 0.05) is 36.9 Å². The third-order valence-corrected chi connectivity index (χ3v) is 8.22. The quantitative estimate of drug-likeness (QED) is 0.255. The normalized spacial score (nSPS) is 17.0. The highest BCUT2D eigenvalue weighted by atomic mass is 19.1. The van der Waals surface area contributed by atoms with Crippen LogP contribution in [0.3, 0.4) is 0 Å². The lowest BCUT2D eigenvalue weighted by atomic mass is 10.0. The predicted molar refractivity (Wildman–Crippen MR) is 158 cm³/mol. The van der Waals surface area contributed by atoms with Gasteiger partial charge < -0.3 is 29.4 Å². The van der Waals surface area contributed by atoms with Gasteiger partial charge in [0.05, 0.1) is 29.8 Å². The van der Waals surface area contributed by atoms with Crippen LogP contribution in [-0.2, 0) is 14.3 Å². The van der Waals surface area contributed by atoms with Crippen molar-refractivity contribution in [3.8, 4) is 28.7 Å². The summed E-state index contributed by atoms with van der Waals surface area (Å²) in [5.74, 6) is -1.24. The van der Waals surface area contributed by atoms with E-state index in [0.29, 0.717) is 54.6 Å². The number of carbonyl (C=O) groups excluding carboxylic acids is 2. The first-order chi connectivity index (χ1) is 21.8. The highest BCUT2D eigenvalue weighted by molar-refractivity contribution is 6.16. The van der Waals surface area contributed by atoms with E-state index < -0.39 is 28.9 Å². The van der Waals surface area contributed by atoms with Crippen LogP contribution in [0, 0.1) is 17.0 Å². The minimum atomic E-state index is -1.40. The Morgan fingerprint density at radius 1 is 0.867 bits per heavy atom. The monoisotopic (exact) mass is 617 g/mol. The molecule has 3 heterocycles. The number of anilines is 2. The lowest BCUT2D eigenvalue weighted by Crippen LogP contribution is -2.41. The van der Waals surface area contributed by atoms with Crippen LogP contribution < -0.4 is 29.6 Å². The molecule has 3 aromatic carbocycles. The molecule has 45 heavy (non-hydrogen) atoms. The van der Waals surface area contributed by atoms with Gasteiger partial charge in [0.2, 0.25) is 17.6 Å². The first-order valence-electron chi connectivity index (χ1n) is 14.7. The van der Waals surface area contributed by atoms with Gasteiger partial charge in [0.15, 0.2) is 23.1 Å². The van der Waals surface area contributed by atoms with E-state index in [-0.39, 0.29) is 41.8 Å². The smallest absolute Gasteiger partial charge is 0.247 e. The fourth-order valence-electron chi connectivity index (χ4n) is 5.63. The average Bonchev–Trinajstić information content (AvgIpc) is 3.87. The largest absolute Gasteiger partial charge is 0.486 e. The molecule has 232 valence electrons. The summed E-state index contributed by atoms with van der Waals surface area (Å²) in [5.41, 5.74) is 5.04. The lowest BCUT2D eigenvalue weighted by molar-refractivity contribution is -0.133. The molecular weight excluding hydrogens is 588 g/mol. The molecule has 0 spiro atoms. The van der Waals surface area contributed by atoms with E-state index in [0.717, 1.165) is 18.9 Å². The molecule has 7 rings (SSSR count). The van der Waals surface area contributed by atoms with Crippen molar-refractivity contribution in [2.75, 3.05) is 31.3 Å². The maximum atomic E-state index is 15.8. The van der Waals surface area contributed by atoms with Gasteiger partial charge in [0.1, 0.15) is 36.3 Å². The molecule has 0 unspecified atom stereocenters. The van der Waals surface area contributed by atoms with E-state index in [4.69, 9.17) is 29.4 Å². The number of nitrogens with two attached hydrogens (primary N) is 1. The van der Waals surface area contributed by atoms with Crippen molar-refractivity contribution >= 4 is 34.1 Å². The summed E-state index contributed by atoms with van der Waals surface area (Å²) in [6.45, 7) is 1.84. The fourth-order valence-corrected chi connectivity index (χ4v) is 5.63. The Hall–Kier alpha value is -4.97. The van der Waals surface area contributed by atoms with Gasteiger partial charge >= 0.3 is 0 Å². The molecular formula is C33H29F2N3O7. The van der Waals surface area contributed by atoms with Crippen molar-refractivity contribution in [2.45, 2.75) is 31.8 Å². The number of halogens is 2. The summed E-state index contributed by atoms with van der Waals surface area (Å²) < 4.78 is 59.2. The van der Waals surface area contributed by atoms with Crippen molar-refractivity contribution < 1.29 is 42.1 Å². The zero-order valence-electron chi connectivity index (χ0n) is 24.1. The van der Waals surface area contributed by atoms with Crippen molar-refractivity contribution in [3.63, 3.8) is 0 Å². The van der Waals surface area contributed by atoms with Gasteiger partial charge in [0.25, 0.3) is 0 Å². The van der Waals surface area contributed by atoms with Gasteiger partial charge in [-0.3, -0.25) is 19.5 Å². The lowest BCUT2D eigenvalue weighted by Gasteiger charge is -2.28. The average molecular weight is 618 g/mol. The van der Waals surface area contributed by atoms with E-state index in [1.54, 1.807) is 12.1 Å². The van der Waals surface area contributed by atoms with E-state index in [1.807, 2.05) is 0 Å². The van der Waals surface area contributed by atoms with Crippen LogP contribution in [0.15, 0.2) is 60.8 Å². The van der Waals surface area contributed by atoms with Crippen LogP contribution >= 0.6 is 0 Å². The van der Waals surface area contributed by atoms with Gasteiger partial charge in [-0.25, -0.2) is 8.78 Å². The molecule has 2 amide bonds. The van der Waals surface area contributed by atoms with Crippen LogP contribution in [0.4, 0.5) is 20.2 Å². The molecule has 10 nitrogen and oxygen atoms in total. The topological polar surface area (TPSA) is 122 Å². The Bertz CT molecular complexity index is 1790. The first kappa shape index (κ1) is 28.8. The second-order valence-electron chi connectivity index (χ2n) is 11.1. The number of hydrogen-bond acceptors (Lipinski definition) is 8. The second-order valence-corrected chi connectivity index (χ2v) is 11.1. The van der Waals surface area contributed by atoms with Gasteiger partial charge in [-0.2, -0.15) is 0 Å². The first-order valence-corrected chi connectivity index (χ1v) is 14.7. The fraction of sp³-hybridized carbons (Fsp3) is 0.303. The predicted octanol–water partition coefficient (Wildman–Crippen LogP) is 5.56. The minimum Gasteiger partial charge on any atom is -0.486 e. The number of aromatic nitrogens is 1. The van der Waals surface area contributed by atoms with Crippen LogP contribution in [0.1, 0.15) is 25.7 Å². The Kier molecular flexibility index (Phi) is 7.36. The van der Waals surface area contributed by atoms with Gasteiger partial charge in [-0.15, -0.1) is 0 Å². The Morgan fingerprint density at radius 2 is 1.58 bits per heavy atom. The molecule has 2 fully saturated rings. The highest BCUT2D eigenvalue weighted by Crippen LogP contribution is 2.51. The molecule has 1 saturated carbocycles. The van der Waals surface area contributed by atoms with Gasteiger partial charge in [-0.1, -0.05) is 0 Å². The molecule has 2 aliphatic heterocycles. The van der Waals surface area contributed by atoms with Crippen LogP contribution in [-0.4, -0.2) is 49.3 Å². The maximum absolute atomic E-state index is 15.8. The van der Waals surface area contributed by atoms with Crippen molar-refractivity contribution in [1.82, 2.24) is 4.98 Å². The van der Waals surface area contributed by atoms with E-state index in [1.165, 1.54) is 47.5 Å². The minimum absolute atomic E-state index is 0.0445. The van der Waals surface area contributed by atoms with Crippen LogP contribution in [0.2, 0.25) is 0 Å². The van der Waals surface area contributed by atoms with E-state index >= 15 is 4.39 Å². The number of pyridine rings is 1. The summed E-state index contributed by atoms with van der Waals surface area (Å²) in [7, 11) is 0. The molecule has 12 heteroatoms. The van der Waals surface area contributed by atoms with E-state index in [2.05, 4.69) is 4.98 Å². The number of ether oxygens (including phenoxy) is 5. The molecule has 0 radical (unpaired) electrons. The van der Waals surface area contributed by atoms with Crippen LogP contribution in [0.5, 0.6) is 28.7 Å². The third kappa shape index (κ3) is 5.35. The molecule has 1 aliphatic carbocycles. The summed E-state index contributed by atoms with van der Waals surface area (Å²) in [4.78, 5) is 31.4. The van der Waals surface area contributed by atoms with E-state index in [9.17, 15) is 14.0 Å². The molecule has 3 aliphatic rings. The Labute approximate surface area is 256 Å². The van der Waals surface area contributed by atoms with Crippen molar-refractivity contribution in [3.05, 3.63) is 72.4 Å². The van der Waals surface area contributed by atoms with Crippen molar-refractivity contribution in [1.29, 1.82) is 0 Å². The maximum Gasteiger partial charge on any atom is 0.247 e.